The molecule has 1 aromatic carbocycles. The van der Waals surface area contributed by atoms with Gasteiger partial charge in [-0.2, -0.15) is 10.5 Å². The fourth-order valence-corrected chi connectivity index (χ4v) is 1.35. The number of hydrogen-bond donors (Lipinski definition) is 2. The molecule has 0 atom stereocenters. The summed E-state index contributed by atoms with van der Waals surface area (Å²) in [7, 11) is 0. The number of nitrogen functional groups attached to an aromatic ring is 1. The predicted molar refractivity (Wildman–Crippen MR) is 61.3 cm³/mol. The summed E-state index contributed by atoms with van der Waals surface area (Å²) in [5.74, 6) is -1.08. The summed E-state index contributed by atoms with van der Waals surface area (Å²) < 4.78 is 0. The van der Waals surface area contributed by atoms with Crippen LogP contribution in [-0.2, 0) is 0 Å². The van der Waals surface area contributed by atoms with Crippen molar-refractivity contribution >= 4 is 17.3 Å². The Bertz CT molecular complexity index is 497. The van der Waals surface area contributed by atoms with Crippen LogP contribution in [0.2, 0.25) is 0 Å². The molecule has 0 aromatic heterocycles. The minimum Gasteiger partial charge on any atom is -0.478 e. The molecule has 0 bridgehead atoms. The number of aromatic carboxylic acids is 1. The normalized spacial score (nSPS) is 9.06. The van der Waals surface area contributed by atoms with Crippen molar-refractivity contribution in [2.24, 2.45) is 0 Å². The van der Waals surface area contributed by atoms with Gasteiger partial charge in [0.05, 0.1) is 29.1 Å². The quantitative estimate of drug-likeness (QED) is 0.584. The lowest BCUT2D eigenvalue weighted by Crippen LogP contribution is -2.25. The van der Waals surface area contributed by atoms with E-state index in [1.165, 1.54) is 23.1 Å². The first kappa shape index (κ1) is 12.3. The van der Waals surface area contributed by atoms with Crippen LogP contribution >= 0.6 is 0 Å². The zero-order valence-corrected chi connectivity index (χ0v) is 8.92. The monoisotopic (exact) mass is 230 g/mol. The largest absolute Gasteiger partial charge is 0.478 e. The van der Waals surface area contributed by atoms with E-state index in [-0.39, 0.29) is 18.7 Å². The Labute approximate surface area is 98.1 Å². The molecule has 0 aliphatic heterocycles. The molecule has 0 unspecified atom stereocenters. The van der Waals surface area contributed by atoms with Gasteiger partial charge in [-0.25, -0.2) is 4.79 Å². The molecule has 0 radical (unpaired) electrons. The Balaban J connectivity index is 3.18. The second-order valence-corrected chi connectivity index (χ2v) is 3.25. The highest BCUT2D eigenvalue weighted by Gasteiger charge is 2.12. The van der Waals surface area contributed by atoms with Gasteiger partial charge in [0.2, 0.25) is 0 Å². The predicted octanol–water partition coefficient (Wildman–Crippen LogP) is 0.821. The fourth-order valence-electron chi connectivity index (χ4n) is 1.35. The standard InChI is InChI=1S/C11H10N4O2/c12-3-5-15(6-4-13)10-7-8(11(16)17)1-2-9(10)14/h1-2,7H,5-6,14H2,(H,16,17). The number of nitrogens with two attached hydrogens (primary N) is 1. The number of anilines is 2. The molecule has 0 aliphatic rings. The maximum absolute atomic E-state index is 10.8. The lowest BCUT2D eigenvalue weighted by atomic mass is 10.1. The average Bonchev–Trinajstić information content (AvgIpc) is 2.29. The van der Waals surface area contributed by atoms with Crippen molar-refractivity contribution in [2.45, 2.75) is 0 Å². The van der Waals surface area contributed by atoms with E-state index >= 15 is 0 Å². The molecule has 0 amide bonds. The molecule has 0 spiro atoms. The van der Waals surface area contributed by atoms with Crippen LogP contribution in [0.5, 0.6) is 0 Å². The van der Waals surface area contributed by atoms with Crippen LogP contribution in [0.1, 0.15) is 10.4 Å². The maximum Gasteiger partial charge on any atom is 0.335 e. The SMILES string of the molecule is N#CCN(CC#N)c1cc(C(=O)O)ccc1N. The summed E-state index contributed by atoms with van der Waals surface area (Å²) in [5.41, 5.74) is 6.48. The number of benzene rings is 1. The van der Waals surface area contributed by atoms with Gasteiger partial charge in [0.25, 0.3) is 0 Å². The molecule has 0 saturated carbocycles. The van der Waals surface area contributed by atoms with Crippen LogP contribution in [0.3, 0.4) is 0 Å². The Morgan fingerprint density at radius 1 is 1.35 bits per heavy atom. The van der Waals surface area contributed by atoms with Gasteiger partial charge in [-0.1, -0.05) is 0 Å². The van der Waals surface area contributed by atoms with Crippen LogP contribution in [0, 0.1) is 22.7 Å². The lowest BCUT2D eigenvalue weighted by Gasteiger charge is -2.20. The van der Waals surface area contributed by atoms with Gasteiger partial charge in [-0.15, -0.1) is 0 Å². The molecule has 0 fully saturated rings. The van der Waals surface area contributed by atoms with Crippen LogP contribution in [0.4, 0.5) is 11.4 Å². The smallest absolute Gasteiger partial charge is 0.335 e. The molecule has 17 heavy (non-hydrogen) atoms. The van der Waals surface area contributed by atoms with Crippen molar-refractivity contribution in [3.8, 4) is 12.1 Å². The topological polar surface area (TPSA) is 114 Å². The molecule has 0 heterocycles. The van der Waals surface area contributed by atoms with Crippen molar-refractivity contribution in [3.05, 3.63) is 23.8 Å². The van der Waals surface area contributed by atoms with Gasteiger partial charge in [0.1, 0.15) is 13.1 Å². The second kappa shape index (κ2) is 5.38. The van der Waals surface area contributed by atoms with Gasteiger partial charge in [0.15, 0.2) is 0 Å². The number of nitrogens with zero attached hydrogens (tertiary/aromatic N) is 3. The van der Waals surface area contributed by atoms with Crippen molar-refractivity contribution in [3.63, 3.8) is 0 Å². The number of carbonyl (C=O) groups is 1. The summed E-state index contributed by atoms with van der Waals surface area (Å²) in [6.07, 6.45) is 0. The molecule has 6 nitrogen and oxygen atoms in total. The molecular weight excluding hydrogens is 220 g/mol. The highest BCUT2D eigenvalue weighted by molar-refractivity contribution is 5.90. The van der Waals surface area contributed by atoms with E-state index in [0.29, 0.717) is 11.4 Å². The number of rotatable bonds is 4. The van der Waals surface area contributed by atoms with Gasteiger partial charge in [0, 0.05) is 0 Å². The average molecular weight is 230 g/mol. The summed E-state index contributed by atoms with van der Waals surface area (Å²) in [4.78, 5) is 12.2. The first-order chi connectivity index (χ1) is 8.10. The summed E-state index contributed by atoms with van der Waals surface area (Å²) in [6, 6.07) is 7.97. The van der Waals surface area contributed by atoms with Crippen molar-refractivity contribution in [2.75, 3.05) is 23.7 Å². The van der Waals surface area contributed by atoms with Crippen molar-refractivity contribution < 1.29 is 9.90 Å². The second-order valence-electron chi connectivity index (χ2n) is 3.25. The number of carboxylic acid groups (broad SMARTS) is 1. The third-order valence-electron chi connectivity index (χ3n) is 2.14. The Morgan fingerprint density at radius 2 is 1.94 bits per heavy atom. The van der Waals surface area contributed by atoms with E-state index in [4.69, 9.17) is 21.4 Å². The van der Waals surface area contributed by atoms with Crippen molar-refractivity contribution in [1.82, 2.24) is 0 Å². The molecule has 1 aromatic rings. The highest BCUT2D eigenvalue weighted by Crippen LogP contribution is 2.24. The molecule has 0 aliphatic carbocycles. The molecule has 86 valence electrons. The first-order valence-corrected chi connectivity index (χ1v) is 4.71. The third-order valence-corrected chi connectivity index (χ3v) is 2.14. The number of hydrogen-bond acceptors (Lipinski definition) is 5. The molecular formula is C11H10N4O2. The molecule has 0 saturated heterocycles. The van der Waals surface area contributed by atoms with E-state index in [2.05, 4.69) is 0 Å². The van der Waals surface area contributed by atoms with Crippen molar-refractivity contribution in [1.29, 1.82) is 10.5 Å². The lowest BCUT2D eigenvalue weighted by molar-refractivity contribution is 0.0697. The van der Waals surface area contributed by atoms with Crippen LogP contribution in [0.25, 0.3) is 0 Å². The van der Waals surface area contributed by atoms with Crippen LogP contribution in [-0.4, -0.2) is 24.2 Å². The summed E-state index contributed by atoms with van der Waals surface area (Å²) >= 11 is 0. The van der Waals surface area contributed by atoms with Gasteiger partial charge >= 0.3 is 5.97 Å². The highest BCUT2D eigenvalue weighted by atomic mass is 16.4. The van der Waals surface area contributed by atoms with Gasteiger partial charge in [-0.05, 0) is 18.2 Å². The summed E-state index contributed by atoms with van der Waals surface area (Å²) in [6.45, 7) is -0.0539. The van der Waals surface area contributed by atoms with Crippen LogP contribution < -0.4 is 10.6 Å². The van der Waals surface area contributed by atoms with E-state index in [9.17, 15) is 4.79 Å². The Kier molecular flexibility index (Phi) is 3.91. The number of carboxylic acids is 1. The molecule has 1 rings (SSSR count). The van der Waals surface area contributed by atoms with E-state index in [1.807, 2.05) is 12.1 Å². The third kappa shape index (κ3) is 2.86. The minimum atomic E-state index is -1.08. The van der Waals surface area contributed by atoms with Gasteiger partial charge < -0.3 is 15.7 Å². The summed E-state index contributed by atoms with van der Waals surface area (Å²) in [5, 5.41) is 26.1. The Hall–Kier alpha value is -2.73. The Morgan fingerprint density at radius 3 is 2.41 bits per heavy atom. The van der Waals surface area contributed by atoms with E-state index < -0.39 is 5.97 Å². The molecule has 6 heteroatoms. The number of nitriles is 2. The first-order valence-electron chi connectivity index (χ1n) is 4.71. The fraction of sp³-hybridized carbons (Fsp3) is 0.182. The van der Waals surface area contributed by atoms with Crippen LogP contribution in [0.15, 0.2) is 18.2 Å². The van der Waals surface area contributed by atoms with Gasteiger partial charge in [-0.3, -0.25) is 0 Å². The maximum atomic E-state index is 10.8. The molecule has 3 N–H and O–H groups in total. The van der Waals surface area contributed by atoms with E-state index in [1.54, 1.807) is 0 Å². The van der Waals surface area contributed by atoms with E-state index in [0.717, 1.165) is 0 Å². The zero-order chi connectivity index (χ0) is 12.8. The minimum absolute atomic E-state index is 0.0270. The zero-order valence-electron chi connectivity index (χ0n) is 8.92.